The zero-order chi connectivity index (χ0) is 32.3. The third-order valence-electron chi connectivity index (χ3n) is 9.75. The molecule has 0 aliphatic heterocycles. The van der Waals surface area contributed by atoms with Crippen molar-refractivity contribution in [2.75, 3.05) is 4.90 Å². The Labute approximate surface area is 288 Å². The maximum atomic E-state index is 2.45. The Hall–Kier alpha value is -6.16. The fourth-order valence-electron chi connectivity index (χ4n) is 7.65. The molecule has 0 saturated heterocycles. The van der Waals surface area contributed by atoms with Crippen LogP contribution in [-0.4, -0.2) is 4.57 Å². The van der Waals surface area contributed by atoms with Gasteiger partial charge in [-0.25, -0.2) is 0 Å². The van der Waals surface area contributed by atoms with Gasteiger partial charge in [0.05, 0.1) is 27.1 Å². The molecule has 3 heteroatoms. The SMILES string of the molecule is c1ccc(N(c2ccccc2-c2cccc3c2sc2c4ccccc4n(-c4ccccc4)c32)c2cc3ccccc3c3ccccc23)cc1. The molecular weight excluding hydrogens is 613 g/mol. The molecule has 0 N–H and O–H groups in total. The number of hydrogen-bond donors (Lipinski definition) is 0. The topological polar surface area (TPSA) is 8.17 Å². The molecule has 230 valence electrons. The summed E-state index contributed by atoms with van der Waals surface area (Å²) < 4.78 is 5.06. The average molecular weight is 643 g/mol. The highest BCUT2D eigenvalue weighted by atomic mass is 32.1. The summed E-state index contributed by atoms with van der Waals surface area (Å²) in [5, 5.41) is 7.54. The molecule has 0 fully saturated rings. The number of thiophene rings is 1. The predicted molar refractivity (Wildman–Crippen MR) is 211 cm³/mol. The number of rotatable bonds is 5. The number of aromatic nitrogens is 1. The third-order valence-corrected chi connectivity index (χ3v) is 11.0. The largest absolute Gasteiger partial charge is 0.309 e. The summed E-state index contributed by atoms with van der Waals surface area (Å²) in [6, 6.07) is 66.0. The normalized spacial score (nSPS) is 11.7. The molecular formula is C46H30N2S. The van der Waals surface area contributed by atoms with Crippen molar-refractivity contribution in [1.29, 1.82) is 0 Å². The van der Waals surface area contributed by atoms with E-state index in [1.54, 1.807) is 0 Å². The van der Waals surface area contributed by atoms with Crippen LogP contribution in [0.5, 0.6) is 0 Å². The Kier molecular flexibility index (Phi) is 6.39. The molecule has 10 aromatic rings. The monoisotopic (exact) mass is 642 g/mol. The molecule has 0 aliphatic carbocycles. The molecule has 0 amide bonds. The van der Waals surface area contributed by atoms with Gasteiger partial charge in [-0.1, -0.05) is 140 Å². The second kappa shape index (κ2) is 11.2. The summed E-state index contributed by atoms with van der Waals surface area (Å²) in [5.41, 5.74) is 9.57. The maximum Gasteiger partial charge on any atom is 0.0727 e. The highest BCUT2D eigenvalue weighted by Gasteiger charge is 2.23. The summed E-state index contributed by atoms with van der Waals surface area (Å²) in [6.45, 7) is 0. The summed E-state index contributed by atoms with van der Waals surface area (Å²) in [6.07, 6.45) is 0. The van der Waals surface area contributed by atoms with E-state index in [0.717, 1.165) is 17.1 Å². The van der Waals surface area contributed by atoms with E-state index in [1.165, 1.54) is 69.6 Å². The lowest BCUT2D eigenvalue weighted by Crippen LogP contribution is -2.11. The number of hydrogen-bond acceptors (Lipinski definition) is 2. The predicted octanol–water partition coefficient (Wildman–Crippen LogP) is 13.4. The van der Waals surface area contributed by atoms with Crippen molar-refractivity contribution in [2.45, 2.75) is 0 Å². The van der Waals surface area contributed by atoms with Crippen LogP contribution >= 0.6 is 11.3 Å². The van der Waals surface area contributed by atoms with Crippen molar-refractivity contribution in [3.05, 3.63) is 182 Å². The van der Waals surface area contributed by atoms with Crippen LogP contribution in [0.1, 0.15) is 0 Å². The van der Waals surface area contributed by atoms with Gasteiger partial charge in [0.2, 0.25) is 0 Å². The van der Waals surface area contributed by atoms with E-state index >= 15 is 0 Å². The minimum absolute atomic E-state index is 1.13. The fourth-order valence-corrected chi connectivity index (χ4v) is 9.00. The van der Waals surface area contributed by atoms with Crippen LogP contribution in [0.2, 0.25) is 0 Å². The van der Waals surface area contributed by atoms with Gasteiger partial charge in [0, 0.05) is 43.4 Å². The highest BCUT2D eigenvalue weighted by Crippen LogP contribution is 2.49. The quantitative estimate of drug-likeness (QED) is 0.170. The van der Waals surface area contributed by atoms with E-state index in [2.05, 4.69) is 191 Å². The van der Waals surface area contributed by atoms with E-state index in [9.17, 15) is 0 Å². The Morgan fingerprint density at radius 1 is 0.408 bits per heavy atom. The first-order chi connectivity index (χ1) is 24.3. The first-order valence-electron chi connectivity index (χ1n) is 16.7. The van der Waals surface area contributed by atoms with Gasteiger partial charge in [0.25, 0.3) is 0 Å². The minimum atomic E-state index is 1.13. The number of anilines is 3. The van der Waals surface area contributed by atoms with Crippen LogP contribution < -0.4 is 4.90 Å². The second-order valence-electron chi connectivity index (χ2n) is 12.5. The lowest BCUT2D eigenvalue weighted by Gasteiger charge is -2.29. The Morgan fingerprint density at radius 3 is 1.86 bits per heavy atom. The van der Waals surface area contributed by atoms with Crippen molar-refractivity contribution in [3.8, 4) is 16.8 Å². The van der Waals surface area contributed by atoms with Crippen LogP contribution in [0, 0.1) is 0 Å². The molecule has 0 bridgehead atoms. The molecule has 2 aromatic heterocycles. The van der Waals surface area contributed by atoms with Crippen LogP contribution in [0.25, 0.3) is 69.6 Å². The van der Waals surface area contributed by atoms with E-state index in [-0.39, 0.29) is 0 Å². The van der Waals surface area contributed by atoms with Crippen molar-refractivity contribution < 1.29 is 0 Å². The van der Waals surface area contributed by atoms with E-state index in [4.69, 9.17) is 0 Å². The first-order valence-corrected chi connectivity index (χ1v) is 17.5. The van der Waals surface area contributed by atoms with Crippen LogP contribution in [0.4, 0.5) is 17.1 Å². The lowest BCUT2D eigenvalue weighted by atomic mass is 9.97. The van der Waals surface area contributed by atoms with Crippen molar-refractivity contribution in [1.82, 2.24) is 4.57 Å². The second-order valence-corrected chi connectivity index (χ2v) is 13.5. The fraction of sp³-hybridized carbons (Fsp3) is 0. The zero-order valence-corrected chi connectivity index (χ0v) is 27.4. The molecule has 2 heterocycles. The molecule has 0 aliphatic rings. The van der Waals surface area contributed by atoms with E-state index < -0.39 is 0 Å². The molecule has 0 atom stereocenters. The number of fused-ring (bicyclic) bond motifs is 8. The Bertz CT molecular complexity index is 2830. The molecule has 0 saturated carbocycles. The molecule has 0 radical (unpaired) electrons. The average Bonchev–Trinajstić information content (AvgIpc) is 3.71. The van der Waals surface area contributed by atoms with Crippen molar-refractivity contribution in [2.24, 2.45) is 0 Å². The van der Waals surface area contributed by atoms with Crippen molar-refractivity contribution in [3.63, 3.8) is 0 Å². The van der Waals surface area contributed by atoms with E-state index in [0.29, 0.717) is 0 Å². The summed E-state index contributed by atoms with van der Waals surface area (Å²) in [5.74, 6) is 0. The van der Waals surface area contributed by atoms with E-state index in [1.807, 2.05) is 11.3 Å². The number of para-hydroxylation sites is 4. The molecule has 49 heavy (non-hydrogen) atoms. The van der Waals surface area contributed by atoms with Gasteiger partial charge in [-0.2, -0.15) is 0 Å². The minimum Gasteiger partial charge on any atom is -0.309 e. The highest BCUT2D eigenvalue weighted by molar-refractivity contribution is 7.27. The smallest absolute Gasteiger partial charge is 0.0727 e. The number of benzene rings is 8. The van der Waals surface area contributed by atoms with Gasteiger partial charge in [-0.3, -0.25) is 0 Å². The summed E-state index contributed by atoms with van der Waals surface area (Å²) in [7, 11) is 0. The number of nitrogens with zero attached hydrogens (tertiary/aromatic N) is 2. The van der Waals surface area contributed by atoms with Gasteiger partial charge < -0.3 is 9.47 Å². The van der Waals surface area contributed by atoms with Gasteiger partial charge in [-0.05, 0) is 58.6 Å². The van der Waals surface area contributed by atoms with Gasteiger partial charge in [-0.15, -0.1) is 11.3 Å². The summed E-state index contributed by atoms with van der Waals surface area (Å²) >= 11 is 1.91. The molecule has 0 spiro atoms. The Morgan fingerprint density at radius 2 is 1.02 bits per heavy atom. The molecule has 0 unspecified atom stereocenters. The van der Waals surface area contributed by atoms with Crippen LogP contribution in [-0.2, 0) is 0 Å². The van der Waals surface area contributed by atoms with Crippen molar-refractivity contribution >= 4 is 81.1 Å². The molecule has 8 aromatic carbocycles. The Balaban J connectivity index is 1.27. The molecule has 2 nitrogen and oxygen atoms in total. The third kappa shape index (κ3) is 4.33. The zero-order valence-electron chi connectivity index (χ0n) is 26.6. The van der Waals surface area contributed by atoms with Crippen LogP contribution in [0.15, 0.2) is 182 Å². The van der Waals surface area contributed by atoms with Gasteiger partial charge >= 0.3 is 0 Å². The van der Waals surface area contributed by atoms with Gasteiger partial charge in [0.15, 0.2) is 0 Å². The van der Waals surface area contributed by atoms with Gasteiger partial charge in [0.1, 0.15) is 0 Å². The maximum absolute atomic E-state index is 2.45. The first kappa shape index (κ1) is 27.9. The standard InChI is InChI=1S/C46H30N2S/c1-3-17-32(18-4-1)47(43-30-31-16-7-8-21-34(31)35-22-9-10-23-36(35)43)41-28-13-11-24-37(41)38-26-15-27-40-44-46(49-45(38)40)39-25-12-14-29-42(39)48(44)33-19-5-2-6-20-33/h1-30H. The summed E-state index contributed by atoms with van der Waals surface area (Å²) in [4.78, 5) is 2.45. The van der Waals surface area contributed by atoms with Crippen LogP contribution in [0.3, 0.4) is 0 Å². The molecule has 10 rings (SSSR count). The lowest BCUT2D eigenvalue weighted by molar-refractivity contribution is 1.19.